The summed E-state index contributed by atoms with van der Waals surface area (Å²) in [6.07, 6.45) is 0.540. The minimum Gasteiger partial charge on any atom is -0.506 e. The molecule has 0 unspecified atom stereocenters. The van der Waals surface area contributed by atoms with Gasteiger partial charge in [-0.1, -0.05) is 12.1 Å². The first-order chi connectivity index (χ1) is 16.3. The number of nitrogens with one attached hydrogen (secondary N) is 2. The fourth-order valence-electron chi connectivity index (χ4n) is 3.02. The normalized spacial score (nSPS) is 10.9. The van der Waals surface area contributed by atoms with E-state index in [1.807, 2.05) is 0 Å². The van der Waals surface area contributed by atoms with E-state index in [1.54, 1.807) is 55.6 Å². The monoisotopic (exact) mass is 486 g/mol. The van der Waals surface area contributed by atoms with Crippen LogP contribution in [-0.4, -0.2) is 40.3 Å². The minimum atomic E-state index is -4.00. The van der Waals surface area contributed by atoms with E-state index in [0.717, 1.165) is 0 Å². The van der Waals surface area contributed by atoms with Crippen LogP contribution in [0.15, 0.2) is 71.6 Å². The van der Waals surface area contributed by atoms with Crippen molar-refractivity contribution in [2.75, 3.05) is 30.9 Å². The van der Waals surface area contributed by atoms with Crippen LogP contribution in [0.3, 0.4) is 0 Å². The second-order valence-electron chi connectivity index (χ2n) is 7.16. The number of hydrogen-bond donors (Lipinski definition) is 3. The lowest BCUT2D eigenvalue weighted by atomic mass is 10.2. The van der Waals surface area contributed by atoms with Gasteiger partial charge in [0.2, 0.25) is 5.91 Å². The number of aromatic hydroxyl groups is 1. The molecule has 0 spiro atoms. The second-order valence-corrected chi connectivity index (χ2v) is 8.84. The highest BCUT2D eigenvalue weighted by Crippen LogP contribution is 2.30. The van der Waals surface area contributed by atoms with Crippen molar-refractivity contribution in [1.29, 1.82) is 0 Å². The third kappa shape index (κ3) is 6.55. The molecule has 180 valence electrons. The van der Waals surface area contributed by atoms with E-state index in [2.05, 4.69) is 10.0 Å². The topological polar surface area (TPSA) is 123 Å². The molecule has 9 nitrogen and oxygen atoms in total. The second kappa shape index (κ2) is 11.3. The third-order valence-electron chi connectivity index (χ3n) is 4.78. The number of amides is 1. The molecule has 0 saturated carbocycles. The van der Waals surface area contributed by atoms with Crippen molar-refractivity contribution in [3.8, 4) is 23.0 Å². The molecule has 0 saturated heterocycles. The predicted molar refractivity (Wildman–Crippen MR) is 128 cm³/mol. The lowest BCUT2D eigenvalue weighted by molar-refractivity contribution is -0.116. The van der Waals surface area contributed by atoms with E-state index in [0.29, 0.717) is 30.3 Å². The quantitative estimate of drug-likeness (QED) is 0.276. The number of carbonyl (C=O) groups excluding carboxylic acids is 1. The Morgan fingerprint density at radius 1 is 0.912 bits per heavy atom. The first-order valence-electron chi connectivity index (χ1n) is 10.4. The van der Waals surface area contributed by atoms with Gasteiger partial charge < -0.3 is 24.6 Å². The van der Waals surface area contributed by atoms with Crippen molar-refractivity contribution < 1.29 is 32.5 Å². The summed E-state index contributed by atoms with van der Waals surface area (Å²) in [5.41, 5.74) is 0.254. The van der Waals surface area contributed by atoms with E-state index >= 15 is 0 Å². The Labute approximate surface area is 198 Å². The Kier molecular flexibility index (Phi) is 8.20. The number of para-hydroxylation sites is 2. The number of anilines is 2. The Morgan fingerprint density at radius 3 is 2.32 bits per heavy atom. The molecule has 0 aliphatic rings. The van der Waals surface area contributed by atoms with Gasteiger partial charge in [-0.05, 0) is 61.0 Å². The summed E-state index contributed by atoms with van der Waals surface area (Å²) in [5, 5.41) is 12.6. The van der Waals surface area contributed by atoms with Crippen LogP contribution >= 0.6 is 0 Å². The van der Waals surface area contributed by atoms with Crippen molar-refractivity contribution in [2.24, 2.45) is 0 Å². The predicted octanol–water partition coefficient (Wildman–Crippen LogP) is 4.01. The van der Waals surface area contributed by atoms with Gasteiger partial charge in [-0.15, -0.1) is 0 Å². The van der Waals surface area contributed by atoms with Crippen LogP contribution in [0.1, 0.15) is 12.8 Å². The molecular formula is C24H26N2O7S. The molecule has 0 aliphatic carbocycles. The molecule has 0 aliphatic heterocycles. The van der Waals surface area contributed by atoms with Crippen LogP contribution < -0.4 is 24.2 Å². The number of ether oxygens (including phenoxy) is 3. The van der Waals surface area contributed by atoms with Gasteiger partial charge in [-0.2, -0.15) is 0 Å². The van der Waals surface area contributed by atoms with Crippen molar-refractivity contribution in [1.82, 2.24) is 0 Å². The highest BCUT2D eigenvalue weighted by atomic mass is 32.2. The third-order valence-corrected chi connectivity index (χ3v) is 6.14. The largest absolute Gasteiger partial charge is 0.506 e. The maximum absolute atomic E-state index is 12.8. The summed E-state index contributed by atoms with van der Waals surface area (Å²) in [7, 11) is -0.987. The summed E-state index contributed by atoms with van der Waals surface area (Å²) in [4.78, 5) is 12.2. The lowest BCUT2D eigenvalue weighted by Gasteiger charge is -2.13. The zero-order valence-electron chi connectivity index (χ0n) is 18.8. The summed E-state index contributed by atoms with van der Waals surface area (Å²) >= 11 is 0. The van der Waals surface area contributed by atoms with Crippen LogP contribution in [0.4, 0.5) is 11.4 Å². The van der Waals surface area contributed by atoms with Gasteiger partial charge in [0.05, 0.1) is 37.1 Å². The fraction of sp³-hybridized carbons (Fsp3) is 0.208. The smallest absolute Gasteiger partial charge is 0.262 e. The number of phenolic OH excluding ortho intramolecular Hbond substituents is 1. The van der Waals surface area contributed by atoms with E-state index < -0.39 is 10.0 Å². The van der Waals surface area contributed by atoms with Crippen LogP contribution in [-0.2, 0) is 14.8 Å². The summed E-state index contributed by atoms with van der Waals surface area (Å²) in [6.45, 7) is 0.309. The van der Waals surface area contributed by atoms with Crippen LogP contribution in [0.2, 0.25) is 0 Å². The van der Waals surface area contributed by atoms with Crippen molar-refractivity contribution >= 4 is 27.3 Å². The molecule has 3 aromatic carbocycles. The Morgan fingerprint density at radius 2 is 1.62 bits per heavy atom. The number of methoxy groups -OCH3 is 2. The first kappa shape index (κ1) is 24.7. The Hall–Kier alpha value is -3.92. The molecule has 0 fully saturated rings. The standard InChI is InChI=1S/C24H26N2O7S/c1-31-17-9-11-18(12-10-17)33-15-5-8-24(28)25-21-16-19(13-14-22(21)27)34(29,30)26-20-6-3-4-7-23(20)32-2/h3-4,6-7,9-14,16,26-27H,5,8,15H2,1-2H3,(H,25,28). The van der Waals surface area contributed by atoms with E-state index in [4.69, 9.17) is 14.2 Å². The average molecular weight is 487 g/mol. The SMILES string of the molecule is COc1ccc(OCCCC(=O)Nc2cc(S(=O)(=O)Nc3ccccc3OC)ccc2O)cc1. The lowest BCUT2D eigenvalue weighted by Crippen LogP contribution is -2.16. The molecule has 10 heteroatoms. The number of phenols is 1. The van der Waals surface area contributed by atoms with Crippen molar-refractivity contribution in [2.45, 2.75) is 17.7 Å². The van der Waals surface area contributed by atoms with Gasteiger partial charge in [0.25, 0.3) is 10.0 Å². The minimum absolute atomic E-state index is 0.0102. The molecule has 3 N–H and O–H groups in total. The number of hydrogen-bond acceptors (Lipinski definition) is 7. The molecule has 0 heterocycles. The van der Waals surface area contributed by atoms with E-state index in [9.17, 15) is 18.3 Å². The number of carbonyl (C=O) groups is 1. The van der Waals surface area contributed by atoms with E-state index in [1.165, 1.54) is 25.3 Å². The summed E-state index contributed by atoms with van der Waals surface area (Å²) < 4.78 is 43.9. The Bertz CT molecular complexity index is 1230. The van der Waals surface area contributed by atoms with Crippen LogP contribution in [0.25, 0.3) is 0 Å². The molecular weight excluding hydrogens is 460 g/mol. The number of benzene rings is 3. The van der Waals surface area contributed by atoms with Gasteiger partial charge in [-0.3, -0.25) is 9.52 Å². The zero-order valence-corrected chi connectivity index (χ0v) is 19.6. The summed E-state index contributed by atoms with van der Waals surface area (Å²) in [6, 6.07) is 17.3. The Balaban J connectivity index is 1.58. The van der Waals surface area contributed by atoms with Gasteiger partial charge in [0.15, 0.2) is 0 Å². The molecule has 0 aromatic heterocycles. The van der Waals surface area contributed by atoms with E-state index in [-0.39, 0.29) is 34.3 Å². The maximum atomic E-state index is 12.8. The van der Waals surface area contributed by atoms with Crippen LogP contribution in [0.5, 0.6) is 23.0 Å². The highest BCUT2D eigenvalue weighted by molar-refractivity contribution is 7.92. The van der Waals surface area contributed by atoms with Gasteiger partial charge >= 0.3 is 0 Å². The van der Waals surface area contributed by atoms with Crippen molar-refractivity contribution in [3.05, 3.63) is 66.7 Å². The molecule has 0 bridgehead atoms. The molecule has 3 rings (SSSR count). The summed E-state index contributed by atoms with van der Waals surface area (Å²) in [5.74, 6) is 1.09. The molecule has 3 aromatic rings. The molecule has 0 radical (unpaired) electrons. The van der Waals surface area contributed by atoms with Crippen LogP contribution in [0, 0.1) is 0 Å². The molecule has 34 heavy (non-hydrogen) atoms. The van der Waals surface area contributed by atoms with Gasteiger partial charge in [0.1, 0.15) is 23.0 Å². The van der Waals surface area contributed by atoms with Crippen molar-refractivity contribution in [3.63, 3.8) is 0 Å². The van der Waals surface area contributed by atoms with Gasteiger partial charge in [0, 0.05) is 6.42 Å². The molecule has 0 atom stereocenters. The fourth-order valence-corrected chi connectivity index (χ4v) is 4.12. The first-order valence-corrected chi connectivity index (χ1v) is 11.9. The zero-order chi connectivity index (χ0) is 24.6. The highest BCUT2D eigenvalue weighted by Gasteiger charge is 2.19. The maximum Gasteiger partial charge on any atom is 0.262 e. The van der Waals surface area contributed by atoms with Gasteiger partial charge in [-0.25, -0.2) is 8.42 Å². The number of rotatable bonds is 11. The average Bonchev–Trinajstić information content (AvgIpc) is 2.83. The number of sulfonamides is 1. The molecule has 1 amide bonds.